The minimum atomic E-state index is -0.280. The van der Waals surface area contributed by atoms with Gasteiger partial charge < -0.3 is 10.2 Å². The quantitative estimate of drug-likeness (QED) is 0.910. The SMILES string of the molecule is CC(CC(=O)NC1CC(=O)N(C)C1)c1ccc(F)cc1. The van der Waals surface area contributed by atoms with E-state index in [0.717, 1.165) is 5.56 Å². The minimum absolute atomic E-state index is 0.0189. The number of carbonyl (C=O) groups excluding carboxylic acids is 2. The average Bonchev–Trinajstić information content (AvgIpc) is 2.68. The molecule has 0 aliphatic carbocycles. The summed E-state index contributed by atoms with van der Waals surface area (Å²) in [6.07, 6.45) is 0.702. The number of hydrogen-bond acceptors (Lipinski definition) is 2. The highest BCUT2D eigenvalue weighted by atomic mass is 19.1. The van der Waals surface area contributed by atoms with Gasteiger partial charge in [0.1, 0.15) is 5.82 Å². The Balaban J connectivity index is 1.85. The van der Waals surface area contributed by atoms with E-state index in [1.165, 1.54) is 12.1 Å². The maximum atomic E-state index is 12.8. The van der Waals surface area contributed by atoms with Crippen molar-refractivity contribution in [1.29, 1.82) is 0 Å². The van der Waals surface area contributed by atoms with Crippen LogP contribution in [0.4, 0.5) is 4.39 Å². The van der Waals surface area contributed by atoms with Crippen LogP contribution in [0.2, 0.25) is 0 Å². The van der Waals surface area contributed by atoms with E-state index in [1.807, 2.05) is 6.92 Å². The fraction of sp³-hybridized carbons (Fsp3) is 0.467. The van der Waals surface area contributed by atoms with Crippen LogP contribution in [0, 0.1) is 5.82 Å². The predicted octanol–water partition coefficient (Wildman–Crippen LogP) is 1.67. The number of hydrogen-bond donors (Lipinski definition) is 1. The second kappa shape index (κ2) is 6.03. The smallest absolute Gasteiger partial charge is 0.224 e. The summed E-state index contributed by atoms with van der Waals surface area (Å²) in [4.78, 5) is 24.9. The van der Waals surface area contributed by atoms with Gasteiger partial charge in [-0.05, 0) is 23.6 Å². The van der Waals surface area contributed by atoms with Crippen molar-refractivity contribution in [2.24, 2.45) is 0 Å². The van der Waals surface area contributed by atoms with E-state index in [9.17, 15) is 14.0 Å². The van der Waals surface area contributed by atoms with Gasteiger partial charge in [0.15, 0.2) is 0 Å². The van der Waals surface area contributed by atoms with E-state index < -0.39 is 0 Å². The number of nitrogens with one attached hydrogen (secondary N) is 1. The molecule has 1 aromatic rings. The van der Waals surface area contributed by atoms with Crippen LogP contribution in [0.25, 0.3) is 0 Å². The van der Waals surface area contributed by atoms with Crippen molar-refractivity contribution < 1.29 is 14.0 Å². The lowest BCUT2D eigenvalue weighted by molar-refractivity contribution is -0.126. The summed E-state index contributed by atoms with van der Waals surface area (Å²) in [5, 5.41) is 2.88. The third kappa shape index (κ3) is 3.56. The molecular formula is C15H19FN2O2. The third-order valence-corrected chi connectivity index (χ3v) is 3.64. The van der Waals surface area contributed by atoms with Crippen LogP contribution in [-0.4, -0.2) is 36.3 Å². The molecule has 1 N–H and O–H groups in total. The molecule has 20 heavy (non-hydrogen) atoms. The lowest BCUT2D eigenvalue weighted by Crippen LogP contribution is -2.36. The molecule has 0 spiro atoms. The van der Waals surface area contributed by atoms with Gasteiger partial charge in [-0.3, -0.25) is 9.59 Å². The van der Waals surface area contributed by atoms with Crippen LogP contribution in [0.3, 0.4) is 0 Å². The molecule has 1 saturated heterocycles. The van der Waals surface area contributed by atoms with E-state index in [1.54, 1.807) is 24.1 Å². The second-order valence-electron chi connectivity index (χ2n) is 5.40. The highest BCUT2D eigenvalue weighted by Crippen LogP contribution is 2.19. The van der Waals surface area contributed by atoms with Crippen LogP contribution in [-0.2, 0) is 9.59 Å². The van der Waals surface area contributed by atoms with Gasteiger partial charge in [0.25, 0.3) is 0 Å². The Labute approximate surface area is 118 Å². The van der Waals surface area contributed by atoms with Crippen molar-refractivity contribution in [3.05, 3.63) is 35.6 Å². The van der Waals surface area contributed by atoms with E-state index >= 15 is 0 Å². The summed E-state index contributed by atoms with van der Waals surface area (Å²) in [7, 11) is 1.73. The number of likely N-dealkylation sites (N-methyl/N-ethyl adjacent to an activating group) is 1. The number of benzene rings is 1. The van der Waals surface area contributed by atoms with Crippen LogP contribution < -0.4 is 5.32 Å². The molecule has 2 rings (SSSR count). The molecule has 2 atom stereocenters. The van der Waals surface area contributed by atoms with E-state index in [4.69, 9.17) is 0 Å². The molecule has 0 radical (unpaired) electrons. The highest BCUT2D eigenvalue weighted by Gasteiger charge is 2.28. The monoisotopic (exact) mass is 278 g/mol. The number of likely N-dealkylation sites (tertiary alicyclic amines) is 1. The van der Waals surface area contributed by atoms with Crippen molar-refractivity contribution >= 4 is 11.8 Å². The molecule has 5 heteroatoms. The Bertz CT molecular complexity index is 501. The third-order valence-electron chi connectivity index (χ3n) is 3.64. The number of amides is 2. The molecule has 0 aromatic heterocycles. The zero-order valence-electron chi connectivity index (χ0n) is 11.7. The molecule has 1 aliphatic heterocycles. The van der Waals surface area contributed by atoms with Crippen molar-refractivity contribution in [2.75, 3.05) is 13.6 Å². The van der Waals surface area contributed by atoms with Crippen molar-refractivity contribution in [1.82, 2.24) is 10.2 Å². The molecule has 1 heterocycles. The van der Waals surface area contributed by atoms with Gasteiger partial charge in [-0.2, -0.15) is 0 Å². The molecule has 1 aromatic carbocycles. The molecule has 2 amide bonds. The lowest BCUT2D eigenvalue weighted by Gasteiger charge is -2.15. The zero-order valence-corrected chi connectivity index (χ0v) is 11.7. The first kappa shape index (κ1) is 14.5. The normalized spacial score (nSPS) is 20.1. The summed E-state index contributed by atoms with van der Waals surface area (Å²) in [6, 6.07) is 6.09. The Morgan fingerprint density at radius 3 is 2.65 bits per heavy atom. The molecule has 0 bridgehead atoms. The highest BCUT2D eigenvalue weighted by molar-refractivity contribution is 5.82. The van der Waals surface area contributed by atoms with Gasteiger partial charge >= 0.3 is 0 Å². The Hall–Kier alpha value is -1.91. The number of nitrogens with zero attached hydrogens (tertiary/aromatic N) is 1. The summed E-state index contributed by atoms with van der Waals surface area (Å²) >= 11 is 0. The second-order valence-corrected chi connectivity index (χ2v) is 5.40. The number of carbonyl (C=O) groups is 2. The van der Waals surface area contributed by atoms with Crippen molar-refractivity contribution in [3.8, 4) is 0 Å². The van der Waals surface area contributed by atoms with Gasteiger partial charge in [0.05, 0.1) is 6.04 Å². The molecule has 1 fully saturated rings. The summed E-state index contributed by atoms with van der Waals surface area (Å²) in [5.41, 5.74) is 0.932. The van der Waals surface area contributed by atoms with E-state index in [0.29, 0.717) is 19.4 Å². The molecule has 4 nitrogen and oxygen atoms in total. The first-order valence-electron chi connectivity index (χ1n) is 6.74. The topological polar surface area (TPSA) is 49.4 Å². The van der Waals surface area contributed by atoms with E-state index in [-0.39, 0.29) is 29.6 Å². The molecule has 108 valence electrons. The molecule has 1 aliphatic rings. The Morgan fingerprint density at radius 2 is 2.10 bits per heavy atom. The van der Waals surface area contributed by atoms with Gasteiger partial charge in [0.2, 0.25) is 11.8 Å². The lowest BCUT2D eigenvalue weighted by atomic mass is 9.97. The number of rotatable bonds is 4. The standard InChI is InChI=1S/C15H19FN2O2/c1-10(11-3-5-12(16)6-4-11)7-14(19)17-13-8-15(20)18(2)9-13/h3-6,10,13H,7-9H2,1-2H3,(H,17,19). The first-order chi connectivity index (χ1) is 9.45. The van der Waals surface area contributed by atoms with Crippen LogP contribution >= 0.6 is 0 Å². The summed E-state index contributed by atoms with van der Waals surface area (Å²) in [6.45, 7) is 2.49. The summed E-state index contributed by atoms with van der Waals surface area (Å²) in [5.74, 6) is -0.278. The van der Waals surface area contributed by atoms with Crippen LogP contribution in [0.5, 0.6) is 0 Å². The van der Waals surface area contributed by atoms with E-state index in [2.05, 4.69) is 5.32 Å². The van der Waals surface area contributed by atoms with Gasteiger partial charge in [-0.15, -0.1) is 0 Å². The molecular weight excluding hydrogens is 259 g/mol. The fourth-order valence-corrected chi connectivity index (χ4v) is 2.43. The Morgan fingerprint density at radius 1 is 1.45 bits per heavy atom. The van der Waals surface area contributed by atoms with Crippen LogP contribution in [0.1, 0.15) is 31.2 Å². The molecule has 0 saturated carbocycles. The first-order valence-corrected chi connectivity index (χ1v) is 6.74. The predicted molar refractivity (Wildman–Crippen MR) is 73.6 cm³/mol. The fourth-order valence-electron chi connectivity index (χ4n) is 2.43. The zero-order chi connectivity index (χ0) is 14.7. The van der Waals surface area contributed by atoms with Gasteiger partial charge in [-0.25, -0.2) is 4.39 Å². The van der Waals surface area contributed by atoms with Crippen LogP contribution in [0.15, 0.2) is 24.3 Å². The minimum Gasteiger partial charge on any atom is -0.351 e. The van der Waals surface area contributed by atoms with Crippen molar-refractivity contribution in [2.45, 2.75) is 31.7 Å². The van der Waals surface area contributed by atoms with Gasteiger partial charge in [0, 0.05) is 26.4 Å². The summed E-state index contributed by atoms with van der Waals surface area (Å²) < 4.78 is 12.8. The van der Waals surface area contributed by atoms with Gasteiger partial charge in [-0.1, -0.05) is 19.1 Å². The van der Waals surface area contributed by atoms with Crippen molar-refractivity contribution in [3.63, 3.8) is 0 Å². The largest absolute Gasteiger partial charge is 0.351 e. The number of halogens is 1. The molecule has 2 unspecified atom stereocenters. The maximum Gasteiger partial charge on any atom is 0.224 e. The maximum absolute atomic E-state index is 12.8. The Kier molecular flexibility index (Phi) is 4.37. The average molecular weight is 278 g/mol.